The number of benzene rings is 6. The van der Waals surface area contributed by atoms with Gasteiger partial charge in [-0.3, -0.25) is 0 Å². The van der Waals surface area contributed by atoms with Gasteiger partial charge < -0.3 is 4.40 Å². The van der Waals surface area contributed by atoms with Gasteiger partial charge in [0, 0.05) is 41.7 Å². The van der Waals surface area contributed by atoms with Gasteiger partial charge in [-0.15, -0.1) is 11.3 Å². The molecule has 180 valence electrons. The van der Waals surface area contributed by atoms with Crippen LogP contribution in [0.2, 0.25) is 0 Å². The third kappa shape index (κ3) is 2.42. The molecular formula is C37H21NS. The summed E-state index contributed by atoms with van der Waals surface area (Å²) >= 11 is 1.90. The van der Waals surface area contributed by atoms with Crippen LogP contribution < -0.4 is 0 Å². The van der Waals surface area contributed by atoms with Crippen LogP contribution in [0.25, 0.3) is 79.8 Å². The summed E-state index contributed by atoms with van der Waals surface area (Å²) in [5.74, 6) is 0. The van der Waals surface area contributed by atoms with Gasteiger partial charge in [0.1, 0.15) is 0 Å². The Kier molecular flexibility index (Phi) is 3.67. The first-order valence-corrected chi connectivity index (χ1v) is 14.4. The predicted molar refractivity (Wildman–Crippen MR) is 169 cm³/mol. The molecule has 0 unspecified atom stereocenters. The summed E-state index contributed by atoms with van der Waals surface area (Å²) in [6.45, 7) is 0. The monoisotopic (exact) mass is 511 g/mol. The lowest BCUT2D eigenvalue weighted by molar-refractivity contribution is 1.27. The molecule has 0 aliphatic heterocycles. The van der Waals surface area contributed by atoms with Crippen LogP contribution in [-0.4, -0.2) is 4.40 Å². The molecule has 0 saturated carbocycles. The lowest BCUT2D eigenvalue weighted by atomic mass is 10.00. The summed E-state index contributed by atoms with van der Waals surface area (Å²) in [5.41, 5.74) is 6.69. The molecule has 9 aromatic rings. The predicted octanol–water partition coefficient (Wildman–Crippen LogP) is 10.5. The van der Waals surface area contributed by atoms with E-state index in [1.54, 1.807) is 0 Å². The maximum atomic E-state index is 2.56. The number of nitrogens with zero attached hydrogens (tertiary/aromatic N) is 1. The molecule has 2 heteroatoms. The smallest absolute Gasteiger partial charge is 0.0620 e. The van der Waals surface area contributed by atoms with Crippen molar-refractivity contribution in [2.24, 2.45) is 0 Å². The van der Waals surface area contributed by atoms with Crippen LogP contribution in [-0.2, 0) is 6.42 Å². The number of hydrogen-bond acceptors (Lipinski definition) is 1. The van der Waals surface area contributed by atoms with Crippen LogP contribution in [0.5, 0.6) is 0 Å². The van der Waals surface area contributed by atoms with E-state index in [2.05, 4.69) is 120 Å². The highest BCUT2D eigenvalue weighted by atomic mass is 32.1. The summed E-state index contributed by atoms with van der Waals surface area (Å²) in [6, 6.07) is 43.3. The highest BCUT2D eigenvalue weighted by molar-refractivity contribution is 7.26. The molecule has 0 N–H and O–H groups in total. The fraction of sp³-hybridized carbons (Fsp3) is 0.0270. The van der Waals surface area contributed by atoms with Crippen molar-refractivity contribution in [2.75, 3.05) is 0 Å². The van der Waals surface area contributed by atoms with Gasteiger partial charge in [-0.1, -0.05) is 91.0 Å². The molecule has 6 aromatic carbocycles. The van der Waals surface area contributed by atoms with Gasteiger partial charge in [0.15, 0.2) is 0 Å². The standard InChI is InChI=1S/C37H21NS/c1-3-16-29-23(10-1)24-12-5-8-21-20-22-9-6-13-25(34(22)33(21)24)26-14-7-15-28-35-30(38(29)37(26)28)18-19-32-36(35)27-11-2-4-17-31(27)39-32/h1-19H,20H2. The number of rotatable bonds is 0. The van der Waals surface area contributed by atoms with Gasteiger partial charge in [0.2, 0.25) is 0 Å². The second-order valence-electron chi connectivity index (χ2n) is 10.8. The minimum absolute atomic E-state index is 0.995. The van der Waals surface area contributed by atoms with Gasteiger partial charge in [0.25, 0.3) is 0 Å². The van der Waals surface area contributed by atoms with Crippen molar-refractivity contribution in [1.82, 2.24) is 4.40 Å². The van der Waals surface area contributed by atoms with Crippen LogP contribution in [0, 0.1) is 0 Å². The topological polar surface area (TPSA) is 4.41 Å². The van der Waals surface area contributed by atoms with Crippen LogP contribution in [0.1, 0.15) is 11.1 Å². The van der Waals surface area contributed by atoms with E-state index in [9.17, 15) is 0 Å². The van der Waals surface area contributed by atoms with E-state index in [0.29, 0.717) is 0 Å². The molecule has 3 heterocycles. The molecule has 1 nitrogen and oxygen atoms in total. The quantitative estimate of drug-likeness (QED) is 0.191. The molecule has 0 spiro atoms. The Morgan fingerprint density at radius 1 is 0.410 bits per heavy atom. The largest absolute Gasteiger partial charge is 0.308 e. The van der Waals surface area contributed by atoms with Crippen molar-refractivity contribution in [1.29, 1.82) is 0 Å². The van der Waals surface area contributed by atoms with Crippen LogP contribution >= 0.6 is 11.3 Å². The Morgan fingerprint density at radius 3 is 1.90 bits per heavy atom. The zero-order valence-corrected chi connectivity index (χ0v) is 21.8. The molecule has 3 aromatic heterocycles. The molecule has 0 radical (unpaired) electrons. The lowest BCUT2D eigenvalue weighted by Gasteiger charge is -2.05. The normalized spacial score (nSPS) is 13.0. The van der Waals surface area contributed by atoms with Crippen LogP contribution in [0.15, 0.2) is 115 Å². The van der Waals surface area contributed by atoms with E-state index in [4.69, 9.17) is 0 Å². The maximum Gasteiger partial charge on any atom is 0.0620 e. The zero-order valence-electron chi connectivity index (χ0n) is 21.0. The van der Waals surface area contributed by atoms with E-state index in [0.717, 1.165) is 6.42 Å². The Balaban J connectivity index is 1.66. The van der Waals surface area contributed by atoms with E-state index >= 15 is 0 Å². The fourth-order valence-corrected chi connectivity index (χ4v) is 8.59. The third-order valence-electron chi connectivity index (χ3n) is 8.95. The Morgan fingerprint density at radius 2 is 1.05 bits per heavy atom. The number of fused-ring (bicyclic) bond motifs is 11. The van der Waals surface area contributed by atoms with E-state index in [1.165, 1.54) is 90.9 Å². The summed E-state index contributed by atoms with van der Waals surface area (Å²) in [4.78, 5) is 0. The first-order chi connectivity index (χ1) is 19.4. The van der Waals surface area contributed by atoms with Crippen molar-refractivity contribution in [3.63, 3.8) is 0 Å². The number of thiophene rings is 1. The van der Waals surface area contributed by atoms with Crippen molar-refractivity contribution in [3.8, 4) is 0 Å². The minimum atomic E-state index is 0.995. The van der Waals surface area contributed by atoms with Gasteiger partial charge in [-0.25, -0.2) is 0 Å². The first kappa shape index (κ1) is 20.3. The first-order valence-electron chi connectivity index (χ1n) is 13.6. The van der Waals surface area contributed by atoms with Crippen LogP contribution in [0.4, 0.5) is 0 Å². The van der Waals surface area contributed by atoms with E-state index in [1.807, 2.05) is 11.3 Å². The van der Waals surface area contributed by atoms with E-state index < -0.39 is 0 Å². The Labute approximate surface area is 227 Å². The Bertz CT molecular complexity index is 2580. The number of para-hydroxylation sites is 2. The summed E-state index contributed by atoms with van der Waals surface area (Å²) in [5, 5.41) is 13.5. The zero-order chi connectivity index (χ0) is 25.2. The van der Waals surface area contributed by atoms with Crippen molar-refractivity contribution < 1.29 is 0 Å². The maximum absolute atomic E-state index is 2.56. The molecule has 1 aliphatic carbocycles. The lowest BCUT2D eigenvalue weighted by Crippen LogP contribution is -1.87. The fourth-order valence-electron chi connectivity index (χ4n) is 7.47. The van der Waals surface area contributed by atoms with Crippen molar-refractivity contribution in [2.45, 2.75) is 6.42 Å². The molecule has 10 rings (SSSR count). The van der Waals surface area contributed by atoms with Crippen LogP contribution in [0.3, 0.4) is 0 Å². The van der Waals surface area contributed by atoms with Gasteiger partial charge in [-0.05, 0) is 63.4 Å². The second kappa shape index (κ2) is 7.05. The number of hydrogen-bond donors (Lipinski definition) is 0. The van der Waals surface area contributed by atoms with Crippen molar-refractivity contribution >= 4 is 91.1 Å². The molecular weight excluding hydrogens is 490 g/mol. The SMILES string of the molecule is c1ccc2c(c1)sc1ccc3c(c4cccc5c6cccc7c6c6c(cccc6c6ccccc6n3c54)C7)c12. The van der Waals surface area contributed by atoms with Crippen molar-refractivity contribution in [3.05, 3.63) is 126 Å². The van der Waals surface area contributed by atoms with Gasteiger partial charge >= 0.3 is 0 Å². The summed E-state index contributed by atoms with van der Waals surface area (Å²) in [6.07, 6.45) is 0.995. The molecule has 0 atom stereocenters. The molecule has 1 aliphatic rings. The molecule has 39 heavy (non-hydrogen) atoms. The molecule has 0 saturated heterocycles. The molecule has 0 amide bonds. The molecule has 0 bridgehead atoms. The Hall–Kier alpha value is -4.66. The average molecular weight is 512 g/mol. The van der Waals surface area contributed by atoms with E-state index in [-0.39, 0.29) is 0 Å². The summed E-state index contributed by atoms with van der Waals surface area (Å²) < 4.78 is 5.26. The summed E-state index contributed by atoms with van der Waals surface area (Å²) in [7, 11) is 0. The van der Waals surface area contributed by atoms with Gasteiger partial charge in [0.05, 0.1) is 16.6 Å². The minimum Gasteiger partial charge on any atom is -0.308 e. The second-order valence-corrected chi connectivity index (χ2v) is 11.9. The highest BCUT2D eigenvalue weighted by Gasteiger charge is 2.21. The van der Waals surface area contributed by atoms with Gasteiger partial charge in [-0.2, -0.15) is 0 Å². The number of aromatic nitrogens is 1. The highest BCUT2D eigenvalue weighted by Crippen LogP contribution is 2.46. The average Bonchev–Trinajstić information content (AvgIpc) is 3.66. The third-order valence-corrected chi connectivity index (χ3v) is 10.1. The molecule has 0 fully saturated rings.